The Morgan fingerprint density at radius 2 is 2.00 bits per heavy atom. The van der Waals surface area contributed by atoms with Crippen LogP contribution in [0.15, 0.2) is 48.5 Å². The van der Waals surface area contributed by atoms with Crippen molar-refractivity contribution in [2.75, 3.05) is 18.5 Å². The van der Waals surface area contributed by atoms with Gasteiger partial charge in [0.05, 0.1) is 19.3 Å². The minimum Gasteiger partial charge on any atom is -0.494 e. The molecule has 0 radical (unpaired) electrons. The molecule has 2 aromatic carbocycles. The van der Waals surface area contributed by atoms with Crippen molar-refractivity contribution in [3.05, 3.63) is 59.7 Å². The number of nitrogens with one attached hydrogen (secondary N) is 2. The lowest BCUT2D eigenvalue weighted by Crippen LogP contribution is -2.30. The predicted octanol–water partition coefficient (Wildman–Crippen LogP) is 2.58. The summed E-state index contributed by atoms with van der Waals surface area (Å²) in [5, 5.41) is 15.2. The van der Waals surface area contributed by atoms with Crippen LogP contribution < -0.4 is 15.4 Å². The third kappa shape index (κ3) is 5.31. The Bertz CT molecular complexity index is 792. The van der Waals surface area contributed by atoms with Crippen LogP contribution in [0.3, 0.4) is 0 Å². The smallest absolute Gasteiger partial charge is 0.224 e. The number of anilines is 1. The quantitative estimate of drug-likeness (QED) is 0.625. The summed E-state index contributed by atoms with van der Waals surface area (Å²) in [7, 11) is 0. The number of benzene rings is 2. The largest absolute Gasteiger partial charge is 0.494 e. The molecule has 0 aromatic heterocycles. The molecule has 1 atom stereocenters. The van der Waals surface area contributed by atoms with Crippen molar-refractivity contribution in [1.82, 2.24) is 5.32 Å². The molecule has 3 rings (SSSR count). The first-order valence-corrected chi connectivity index (χ1v) is 9.16. The number of rotatable bonds is 8. The molecule has 0 aliphatic carbocycles. The summed E-state index contributed by atoms with van der Waals surface area (Å²) in [6, 6.07) is 14.6. The summed E-state index contributed by atoms with van der Waals surface area (Å²) in [6.07, 6.45) is 2.10. The number of hydrogen-bond acceptors (Lipinski definition) is 4. The molecular weight excluding hydrogens is 344 g/mol. The van der Waals surface area contributed by atoms with Crippen LogP contribution in [0, 0.1) is 0 Å². The van der Waals surface area contributed by atoms with Crippen molar-refractivity contribution in [3.8, 4) is 5.75 Å². The standard InChI is InChI=1S/C21H24N2O4/c24-14-19(15-5-2-1-3-6-15)23-20(25)7-4-12-27-17-9-10-18-16(13-17)8-11-21(26)22-18/h1-3,5-6,9-10,13,19,24H,4,7-8,11-12,14H2,(H,22,26)(H,23,25)/t19-/m0/s1. The lowest BCUT2D eigenvalue weighted by molar-refractivity contribution is -0.122. The third-order valence-electron chi connectivity index (χ3n) is 4.51. The molecule has 2 aromatic rings. The van der Waals surface area contributed by atoms with Gasteiger partial charge in [0.15, 0.2) is 0 Å². The topological polar surface area (TPSA) is 87.7 Å². The molecule has 1 aliphatic heterocycles. The molecule has 6 nitrogen and oxygen atoms in total. The second-order valence-corrected chi connectivity index (χ2v) is 6.53. The molecule has 27 heavy (non-hydrogen) atoms. The number of aliphatic hydroxyl groups excluding tert-OH is 1. The number of aryl methyl sites for hydroxylation is 1. The normalized spacial score (nSPS) is 14.0. The Morgan fingerprint density at radius 1 is 1.19 bits per heavy atom. The molecule has 6 heteroatoms. The molecule has 0 bridgehead atoms. The lowest BCUT2D eigenvalue weighted by atomic mass is 10.0. The van der Waals surface area contributed by atoms with Gasteiger partial charge in [-0.25, -0.2) is 0 Å². The van der Waals surface area contributed by atoms with Gasteiger partial charge in [-0.05, 0) is 42.2 Å². The Kier molecular flexibility index (Phi) is 6.44. The fourth-order valence-electron chi connectivity index (χ4n) is 3.06. The maximum Gasteiger partial charge on any atom is 0.224 e. The van der Waals surface area contributed by atoms with Crippen LogP contribution in [0.4, 0.5) is 5.69 Å². The number of ether oxygens (including phenoxy) is 1. The maximum atomic E-state index is 12.1. The fourth-order valence-corrected chi connectivity index (χ4v) is 3.06. The Hall–Kier alpha value is -2.86. The van der Waals surface area contributed by atoms with E-state index in [2.05, 4.69) is 10.6 Å². The van der Waals surface area contributed by atoms with Gasteiger partial charge in [0.1, 0.15) is 5.75 Å². The van der Waals surface area contributed by atoms with Gasteiger partial charge in [0.25, 0.3) is 0 Å². The zero-order valence-corrected chi connectivity index (χ0v) is 15.1. The number of fused-ring (bicyclic) bond motifs is 1. The van der Waals surface area contributed by atoms with E-state index in [4.69, 9.17) is 4.74 Å². The summed E-state index contributed by atoms with van der Waals surface area (Å²) in [5.74, 6) is 0.663. The summed E-state index contributed by atoms with van der Waals surface area (Å²) < 4.78 is 5.72. The van der Waals surface area contributed by atoms with Gasteiger partial charge >= 0.3 is 0 Å². The lowest BCUT2D eigenvalue weighted by Gasteiger charge is -2.18. The van der Waals surface area contributed by atoms with Crippen LogP contribution in [-0.2, 0) is 16.0 Å². The highest BCUT2D eigenvalue weighted by Crippen LogP contribution is 2.26. The highest BCUT2D eigenvalue weighted by atomic mass is 16.5. The van der Waals surface area contributed by atoms with E-state index in [0.29, 0.717) is 32.3 Å². The second-order valence-electron chi connectivity index (χ2n) is 6.53. The zero-order valence-electron chi connectivity index (χ0n) is 15.1. The van der Waals surface area contributed by atoms with Crippen molar-refractivity contribution in [3.63, 3.8) is 0 Å². The second kappa shape index (κ2) is 9.19. The van der Waals surface area contributed by atoms with E-state index in [1.165, 1.54) is 0 Å². The van der Waals surface area contributed by atoms with E-state index in [1.807, 2.05) is 48.5 Å². The van der Waals surface area contributed by atoms with Gasteiger partial charge in [0, 0.05) is 18.5 Å². The minimum atomic E-state index is -0.393. The van der Waals surface area contributed by atoms with Crippen LogP contribution in [0.5, 0.6) is 5.75 Å². The fraction of sp³-hybridized carbons (Fsp3) is 0.333. The van der Waals surface area contributed by atoms with Gasteiger partial charge in [0.2, 0.25) is 11.8 Å². The minimum absolute atomic E-state index is 0.0406. The summed E-state index contributed by atoms with van der Waals surface area (Å²) in [4.78, 5) is 23.5. The molecule has 1 aliphatic rings. The van der Waals surface area contributed by atoms with Gasteiger partial charge in [-0.3, -0.25) is 9.59 Å². The van der Waals surface area contributed by atoms with Crippen molar-refractivity contribution in [2.45, 2.75) is 31.7 Å². The molecule has 0 saturated heterocycles. The van der Waals surface area contributed by atoms with E-state index in [0.717, 1.165) is 22.6 Å². The number of hydrogen-bond donors (Lipinski definition) is 3. The van der Waals surface area contributed by atoms with E-state index in [-0.39, 0.29) is 18.4 Å². The van der Waals surface area contributed by atoms with Crippen LogP contribution in [0.1, 0.15) is 36.4 Å². The van der Waals surface area contributed by atoms with Crippen molar-refractivity contribution >= 4 is 17.5 Å². The number of aliphatic hydroxyl groups is 1. The Balaban J connectivity index is 1.42. The molecule has 3 N–H and O–H groups in total. The first-order valence-electron chi connectivity index (χ1n) is 9.16. The maximum absolute atomic E-state index is 12.1. The number of amides is 2. The van der Waals surface area contributed by atoms with Gasteiger partial charge in [-0.15, -0.1) is 0 Å². The van der Waals surface area contributed by atoms with E-state index >= 15 is 0 Å². The Morgan fingerprint density at radius 3 is 2.78 bits per heavy atom. The van der Waals surface area contributed by atoms with Crippen molar-refractivity contribution < 1.29 is 19.4 Å². The molecular formula is C21H24N2O4. The SMILES string of the molecule is O=C1CCc2cc(OCCCC(=O)N[C@@H](CO)c3ccccc3)ccc2N1. The summed E-state index contributed by atoms with van der Waals surface area (Å²) in [6.45, 7) is 0.283. The van der Waals surface area contributed by atoms with Gasteiger partial charge in [-0.2, -0.15) is 0 Å². The van der Waals surface area contributed by atoms with Crippen LogP contribution in [0.2, 0.25) is 0 Å². The third-order valence-corrected chi connectivity index (χ3v) is 4.51. The van der Waals surface area contributed by atoms with Gasteiger partial charge < -0.3 is 20.5 Å². The van der Waals surface area contributed by atoms with E-state index in [1.54, 1.807) is 0 Å². The number of carbonyl (C=O) groups is 2. The average Bonchev–Trinajstić information content (AvgIpc) is 2.70. The van der Waals surface area contributed by atoms with Crippen molar-refractivity contribution in [2.24, 2.45) is 0 Å². The van der Waals surface area contributed by atoms with Crippen LogP contribution in [0.25, 0.3) is 0 Å². The first kappa shape index (κ1) is 18.9. The molecule has 2 amide bonds. The highest BCUT2D eigenvalue weighted by molar-refractivity contribution is 5.94. The van der Waals surface area contributed by atoms with Crippen molar-refractivity contribution in [1.29, 1.82) is 0 Å². The Labute approximate surface area is 158 Å². The molecule has 0 fully saturated rings. The molecule has 1 heterocycles. The monoisotopic (exact) mass is 368 g/mol. The molecule has 0 spiro atoms. The summed E-state index contributed by atoms with van der Waals surface area (Å²) >= 11 is 0. The number of carbonyl (C=O) groups excluding carboxylic acids is 2. The van der Waals surface area contributed by atoms with Crippen LogP contribution >= 0.6 is 0 Å². The van der Waals surface area contributed by atoms with E-state index in [9.17, 15) is 14.7 Å². The van der Waals surface area contributed by atoms with E-state index < -0.39 is 6.04 Å². The predicted molar refractivity (Wildman–Crippen MR) is 103 cm³/mol. The van der Waals surface area contributed by atoms with Gasteiger partial charge in [-0.1, -0.05) is 30.3 Å². The summed E-state index contributed by atoms with van der Waals surface area (Å²) in [5.41, 5.74) is 2.79. The zero-order chi connectivity index (χ0) is 19.1. The first-order chi connectivity index (χ1) is 13.2. The molecule has 0 unspecified atom stereocenters. The molecule has 142 valence electrons. The highest BCUT2D eigenvalue weighted by Gasteiger charge is 2.15. The average molecular weight is 368 g/mol. The van der Waals surface area contributed by atoms with Crippen LogP contribution in [-0.4, -0.2) is 30.1 Å². The molecule has 0 saturated carbocycles.